The number of anilines is 1. The fourth-order valence-electron chi connectivity index (χ4n) is 4.98. The zero-order valence-electron chi connectivity index (χ0n) is 22.4. The van der Waals surface area contributed by atoms with Gasteiger partial charge in [-0.05, 0) is 53.9 Å². The fourth-order valence-corrected chi connectivity index (χ4v) is 4.98. The van der Waals surface area contributed by atoms with E-state index < -0.39 is 59.3 Å². The van der Waals surface area contributed by atoms with Crippen LogP contribution in [0.5, 0.6) is 0 Å². The number of amides is 1. The van der Waals surface area contributed by atoms with Gasteiger partial charge in [0, 0.05) is 45.3 Å². The summed E-state index contributed by atoms with van der Waals surface area (Å²) in [4.78, 5) is 26.1. The summed E-state index contributed by atoms with van der Waals surface area (Å²) in [6.07, 6.45) is -15.0. The highest BCUT2D eigenvalue weighted by molar-refractivity contribution is 5.75. The molecule has 0 N–H and O–H groups in total. The quantitative estimate of drug-likeness (QED) is 0.227. The minimum Gasteiger partial charge on any atom is -0.467 e. The number of halogens is 9. The molecule has 6 nitrogen and oxygen atoms in total. The highest BCUT2D eigenvalue weighted by atomic mass is 19.4. The Balaban J connectivity index is 2.07. The molecule has 2 aromatic carbocycles. The number of benzene rings is 2. The molecule has 2 unspecified atom stereocenters. The van der Waals surface area contributed by atoms with E-state index in [-0.39, 0.29) is 62.4 Å². The van der Waals surface area contributed by atoms with Gasteiger partial charge in [0.25, 0.3) is 6.47 Å². The first kappa shape index (κ1) is 33.0. The molecule has 1 aliphatic heterocycles. The molecule has 0 bridgehead atoms. The van der Waals surface area contributed by atoms with Gasteiger partial charge in [-0.25, -0.2) is 0 Å². The molecule has 0 fully saturated rings. The van der Waals surface area contributed by atoms with Crippen molar-refractivity contribution in [3.8, 4) is 0 Å². The van der Waals surface area contributed by atoms with Crippen molar-refractivity contribution in [3.63, 3.8) is 0 Å². The van der Waals surface area contributed by atoms with Gasteiger partial charge >= 0.3 is 18.5 Å². The average Bonchev–Trinajstić information content (AvgIpc) is 2.88. The standard InChI is InChI=1S/C27H27F9N2O4/c1-16(40)38(12-17-7-20(26(31,32)33)9-21(8-17)27(34,35)36)24-5-6-37(11-18(13-41-2)14-42-15-39)23-4-3-19(10-22(23)24)25(28,29)30/h3-4,7-10,15,18,24H,5-6,11-14H2,1-2H3. The van der Waals surface area contributed by atoms with Gasteiger partial charge in [0.1, 0.15) is 0 Å². The van der Waals surface area contributed by atoms with Crippen molar-refractivity contribution in [2.75, 3.05) is 38.3 Å². The number of methoxy groups -OCH3 is 1. The topological polar surface area (TPSA) is 59.1 Å². The molecule has 3 rings (SSSR count). The fraction of sp³-hybridized carbons (Fsp3) is 0.481. The number of nitrogens with zero attached hydrogens (tertiary/aromatic N) is 2. The van der Waals surface area contributed by atoms with Gasteiger partial charge < -0.3 is 19.3 Å². The zero-order chi connectivity index (χ0) is 31.5. The van der Waals surface area contributed by atoms with E-state index in [4.69, 9.17) is 9.47 Å². The molecule has 0 radical (unpaired) electrons. The van der Waals surface area contributed by atoms with Gasteiger partial charge in [0.2, 0.25) is 5.91 Å². The van der Waals surface area contributed by atoms with Crippen LogP contribution in [-0.4, -0.2) is 50.7 Å². The molecular weight excluding hydrogens is 587 g/mol. The minimum absolute atomic E-state index is 0.00716. The van der Waals surface area contributed by atoms with Crippen molar-refractivity contribution < 1.29 is 58.6 Å². The van der Waals surface area contributed by atoms with Crippen LogP contribution in [0.25, 0.3) is 0 Å². The van der Waals surface area contributed by atoms with Crippen molar-refractivity contribution in [3.05, 3.63) is 64.2 Å². The summed E-state index contributed by atoms with van der Waals surface area (Å²) in [7, 11) is 1.41. The monoisotopic (exact) mass is 614 g/mol. The molecule has 15 heteroatoms. The predicted molar refractivity (Wildman–Crippen MR) is 131 cm³/mol. The van der Waals surface area contributed by atoms with Crippen molar-refractivity contribution in [1.29, 1.82) is 0 Å². The van der Waals surface area contributed by atoms with Crippen molar-refractivity contribution in [2.45, 2.75) is 44.5 Å². The summed E-state index contributed by atoms with van der Waals surface area (Å²) in [6.45, 7) is 0.969. The second-order valence-electron chi connectivity index (χ2n) is 9.83. The Labute approximate surface area is 235 Å². The van der Waals surface area contributed by atoms with E-state index in [1.54, 1.807) is 4.90 Å². The maximum absolute atomic E-state index is 13.7. The summed E-state index contributed by atoms with van der Waals surface area (Å²) in [5.41, 5.74) is -4.40. The molecule has 0 saturated heterocycles. The molecule has 232 valence electrons. The first-order chi connectivity index (χ1) is 19.5. The Morgan fingerprint density at radius 1 is 0.952 bits per heavy atom. The van der Waals surface area contributed by atoms with Gasteiger partial charge in [0.05, 0.1) is 35.9 Å². The SMILES string of the molecule is COCC(COC=O)CN1CCC(N(Cc2cc(C(F)(F)F)cc(C(F)(F)F)c2)C(C)=O)c2cc(C(F)(F)F)ccc21. The Bertz CT molecular complexity index is 1230. The van der Waals surface area contributed by atoms with Crippen molar-refractivity contribution >= 4 is 18.1 Å². The maximum atomic E-state index is 13.7. The predicted octanol–water partition coefficient (Wildman–Crippen LogP) is 6.48. The Kier molecular flexibility index (Phi) is 10.1. The first-order valence-corrected chi connectivity index (χ1v) is 12.5. The number of alkyl halides is 9. The van der Waals surface area contributed by atoms with E-state index in [9.17, 15) is 49.1 Å². The maximum Gasteiger partial charge on any atom is 0.416 e. The molecule has 0 spiro atoms. The van der Waals surface area contributed by atoms with Gasteiger partial charge in [0.15, 0.2) is 0 Å². The number of ether oxygens (including phenoxy) is 2. The third kappa shape index (κ3) is 8.07. The number of hydrogen-bond donors (Lipinski definition) is 0. The molecule has 1 heterocycles. The smallest absolute Gasteiger partial charge is 0.416 e. The lowest BCUT2D eigenvalue weighted by Crippen LogP contribution is -2.42. The lowest BCUT2D eigenvalue weighted by molar-refractivity contribution is -0.143. The molecule has 0 aromatic heterocycles. The van der Waals surface area contributed by atoms with Gasteiger partial charge in [-0.3, -0.25) is 9.59 Å². The lowest BCUT2D eigenvalue weighted by atomic mass is 9.91. The normalized spacial score (nSPS) is 16.5. The first-order valence-electron chi connectivity index (χ1n) is 12.5. The van der Waals surface area contributed by atoms with Crippen LogP contribution in [0, 0.1) is 5.92 Å². The average molecular weight is 615 g/mol. The molecular formula is C27H27F9N2O4. The summed E-state index contributed by atoms with van der Waals surface area (Å²) >= 11 is 0. The third-order valence-electron chi connectivity index (χ3n) is 6.79. The summed E-state index contributed by atoms with van der Waals surface area (Å²) in [6, 6.07) is 2.66. The summed E-state index contributed by atoms with van der Waals surface area (Å²) in [5.74, 6) is -1.15. The Morgan fingerprint density at radius 3 is 2.05 bits per heavy atom. The van der Waals surface area contributed by atoms with Crippen LogP contribution in [0.3, 0.4) is 0 Å². The van der Waals surface area contributed by atoms with Gasteiger partial charge in [-0.1, -0.05) is 0 Å². The van der Waals surface area contributed by atoms with Crippen LogP contribution in [0.4, 0.5) is 45.2 Å². The number of hydrogen-bond acceptors (Lipinski definition) is 5. The molecule has 2 atom stereocenters. The van der Waals surface area contributed by atoms with Crippen LogP contribution in [0.2, 0.25) is 0 Å². The van der Waals surface area contributed by atoms with Gasteiger partial charge in [-0.2, -0.15) is 39.5 Å². The molecule has 0 aliphatic carbocycles. The molecule has 0 saturated carbocycles. The molecule has 1 amide bonds. The Hall–Kier alpha value is -3.49. The molecule has 1 aliphatic rings. The largest absolute Gasteiger partial charge is 0.467 e. The van der Waals surface area contributed by atoms with E-state index in [2.05, 4.69) is 0 Å². The van der Waals surface area contributed by atoms with E-state index >= 15 is 0 Å². The molecule has 42 heavy (non-hydrogen) atoms. The Morgan fingerprint density at radius 2 is 1.55 bits per heavy atom. The minimum atomic E-state index is -5.12. The number of carbonyl (C=O) groups excluding carboxylic acids is 2. The van der Waals surface area contributed by atoms with Crippen LogP contribution < -0.4 is 4.90 Å². The highest BCUT2D eigenvalue weighted by Crippen LogP contribution is 2.43. The van der Waals surface area contributed by atoms with Crippen molar-refractivity contribution in [1.82, 2.24) is 4.90 Å². The third-order valence-corrected chi connectivity index (χ3v) is 6.79. The van der Waals surface area contributed by atoms with Crippen LogP contribution >= 0.6 is 0 Å². The van der Waals surface area contributed by atoms with E-state index in [0.29, 0.717) is 12.1 Å². The second-order valence-corrected chi connectivity index (χ2v) is 9.83. The van der Waals surface area contributed by atoms with Gasteiger partial charge in [-0.15, -0.1) is 0 Å². The van der Waals surface area contributed by atoms with E-state index in [1.165, 1.54) is 13.2 Å². The van der Waals surface area contributed by atoms with E-state index in [0.717, 1.165) is 24.0 Å². The summed E-state index contributed by atoms with van der Waals surface area (Å²) in [5, 5.41) is 0. The van der Waals surface area contributed by atoms with Crippen LogP contribution in [0.1, 0.15) is 47.2 Å². The highest BCUT2D eigenvalue weighted by Gasteiger charge is 2.39. The number of fused-ring (bicyclic) bond motifs is 1. The lowest BCUT2D eigenvalue weighted by Gasteiger charge is -2.42. The summed E-state index contributed by atoms with van der Waals surface area (Å²) < 4.78 is 132. The van der Waals surface area contributed by atoms with E-state index in [1.807, 2.05) is 0 Å². The zero-order valence-corrected chi connectivity index (χ0v) is 22.4. The molecule has 2 aromatic rings. The van der Waals surface area contributed by atoms with Crippen molar-refractivity contribution in [2.24, 2.45) is 5.92 Å². The second kappa shape index (κ2) is 12.8. The number of rotatable bonds is 10. The van der Waals surface area contributed by atoms with Crippen LogP contribution in [-0.2, 0) is 44.1 Å². The number of carbonyl (C=O) groups is 2. The van der Waals surface area contributed by atoms with Crippen LogP contribution in [0.15, 0.2) is 36.4 Å².